The zero-order valence-corrected chi connectivity index (χ0v) is 52.9. The predicted molar refractivity (Wildman–Crippen MR) is 370 cm³/mol. The number of rotatable bonds is 6. The molecule has 5 nitrogen and oxygen atoms in total. The van der Waals surface area contributed by atoms with Gasteiger partial charge < -0.3 is 23.4 Å². The SMILES string of the molecule is CC(C)(C)c1ccc(N2B3c4oc5ccc(-c6ccccc6)cc5c4N(c4ccc(C(C)(C)C)cc4)c4c3c(cc3c4oc4ccccc43)-c3cc4c(cc32)C(C)(C)c2cc(N(c3ccc(C(C)(C)C)cc3)c3ccc(C(C)(C)C)cc3)ccc2-4)cc1. The van der Waals surface area contributed by atoms with E-state index in [1.165, 1.54) is 55.6 Å². The predicted octanol–water partition coefficient (Wildman–Crippen LogP) is 21.7. The molecular formula is C81H76BN3O2. The molecule has 0 bridgehead atoms. The number of hydrogen-bond donors (Lipinski definition) is 0. The van der Waals surface area contributed by atoms with E-state index < -0.39 is 6.85 Å². The van der Waals surface area contributed by atoms with Crippen molar-refractivity contribution < 1.29 is 8.83 Å². The van der Waals surface area contributed by atoms with Gasteiger partial charge in [0.2, 0.25) is 0 Å². The molecule has 0 unspecified atom stereocenters. The number of furan rings is 2. The molecular weight excluding hydrogens is 1060 g/mol. The molecule has 0 amide bonds. The molecule has 15 rings (SSSR count). The smallest absolute Gasteiger partial charge is 0.376 e. The van der Waals surface area contributed by atoms with Gasteiger partial charge >= 0.3 is 6.85 Å². The van der Waals surface area contributed by atoms with Crippen molar-refractivity contribution in [2.75, 3.05) is 14.6 Å². The normalized spacial score (nSPS) is 14.3. The lowest BCUT2D eigenvalue weighted by Gasteiger charge is -2.44. The number of benzene rings is 10. The minimum absolute atomic E-state index is 0.0303. The lowest BCUT2D eigenvalue weighted by atomic mass is 9.45. The van der Waals surface area contributed by atoms with E-state index in [0.717, 1.165) is 101 Å². The van der Waals surface area contributed by atoms with Crippen LogP contribution in [0.15, 0.2) is 215 Å². The van der Waals surface area contributed by atoms with E-state index in [2.05, 4.69) is 318 Å². The maximum absolute atomic E-state index is 7.60. The summed E-state index contributed by atoms with van der Waals surface area (Å²) < 4.78 is 14.9. The van der Waals surface area contributed by atoms with E-state index in [4.69, 9.17) is 8.83 Å². The quantitative estimate of drug-likeness (QED) is 0.155. The Morgan fingerprint density at radius 3 is 1.52 bits per heavy atom. The lowest BCUT2D eigenvalue weighted by Crippen LogP contribution is -2.61. The Bertz CT molecular complexity index is 4670. The van der Waals surface area contributed by atoms with Gasteiger partial charge in [0.05, 0.1) is 11.4 Å². The van der Waals surface area contributed by atoms with Crippen LogP contribution in [0.1, 0.15) is 130 Å². The molecule has 12 aromatic rings. The summed E-state index contributed by atoms with van der Waals surface area (Å²) in [6.45, 7) is 31.9. The number of hydrogen-bond acceptors (Lipinski definition) is 5. The fraction of sp³-hybridized carbons (Fsp3) is 0.235. The molecule has 0 N–H and O–H groups in total. The van der Waals surface area contributed by atoms with Crippen LogP contribution in [0.25, 0.3) is 66.3 Å². The lowest BCUT2D eigenvalue weighted by molar-refractivity contribution is 0.590. The Balaban J connectivity index is 1.01. The van der Waals surface area contributed by atoms with Gasteiger partial charge in [0, 0.05) is 61.3 Å². The van der Waals surface area contributed by atoms with Crippen molar-refractivity contribution in [3.63, 3.8) is 0 Å². The highest BCUT2D eigenvalue weighted by atomic mass is 16.3. The summed E-state index contributed by atoms with van der Waals surface area (Å²) in [6, 6.07) is 77.8. The second kappa shape index (κ2) is 19.0. The maximum Gasteiger partial charge on any atom is 0.376 e. The largest absolute Gasteiger partial charge is 0.466 e. The summed E-state index contributed by atoms with van der Waals surface area (Å²) in [6.07, 6.45) is 0. The van der Waals surface area contributed by atoms with Crippen LogP contribution in [-0.4, -0.2) is 6.85 Å². The molecule has 0 radical (unpaired) electrons. The topological polar surface area (TPSA) is 36.0 Å². The summed E-state index contributed by atoms with van der Waals surface area (Å²) in [5.74, 6) is 0. The molecule has 10 aromatic carbocycles. The highest BCUT2D eigenvalue weighted by molar-refractivity contribution is 6.93. The van der Waals surface area contributed by atoms with E-state index in [1.54, 1.807) is 0 Å². The summed E-state index contributed by atoms with van der Waals surface area (Å²) in [7, 11) is 0. The first-order valence-corrected chi connectivity index (χ1v) is 31.2. The van der Waals surface area contributed by atoms with Crippen molar-refractivity contribution in [3.05, 3.63) is 240 Å². The molecule has 0 spiro atoms. The van der Waals surface area contributed by atoms with Gasteiger partial charge in [-0.15, -0.1) is 0 Å². The third-order valence-electron chi connectivity index (χ3n) is 19.3. The first kappa shape index (κ1) is 54.6. The molecule has 430 valence electrons. The zero-order chi connectivity index (χ0) is 60.4. The third kappa shape index (κ3) is 8.63. The minimum Gasteiger partial charge on any atom is -0.466 e. The Morgan fingerprint density at radius 2 is 0.920 bits per heavy atom. The summed E-state index contributed by atoms with van der Waals surface area (Å²) >= 11 is 0. The van der Waals surface area contributed by atoms with Crippen molar-refractivity contribution >= 4 is 96.4 Å². The minimum atomic E-state index is -0.396. The molecule has 0 saturated heterocycles. The van der Waals surface area contributed by atoms with Crippen molar-refractivity contribution in [3.8, 4) is 33.4 Å². The fourth-order valence-electron chi connectivity index (χ4n) is 14.3. The molecule has 2 aliphatic heterocycles. The van der Waals surface area contributed by atoms with E-state index in [9.17, 15) is 0 Å². The van der Waals surface area contributed by atoms with Gasteiger partial charge in [0.1, 0.15) is 16.8 Å². The highest BCUT2D eigenvalue weighted by Gasteiger charge is 2.51. The monoisotopic (exact) mass is 1130 g/mol. The average Bonchev–Trinajstić information content (AvgIpc) is 1.65. The van der Waals surface area contributed by atoms with Gasteiger partial charge in [-0.05, 0) is 185 Å². The number of nitrogens with zero attached hydrogens (tertiary/aromatic N) is 3. The van der Waals surface area contributed by atoms with Crippen LogP contribution in [0.5, 0.6) is 0 Å². The van der Waals surface area contributed by atoms with E-state index in [-0.39, 0.29) is 27.1 Å². The number of anilines is 8. The Kier molecular flexibility index (Phi) is 11.9. The zero-order valence-electron chi connectivity index (χ0n) is 52.9. The van der Waals surface area contributed by atoms with E-state index in [1.807, 2.05) is 0 Å². The van der Waals surface area contributed by atoms with Gasteiger partial charge in [-0.25, -0.2) is 0 Å². The van der Waals surface area contributed by atoms with Crippen LogP contribution in [0.3, 0.4) is 0 Å². The Labute approximate surface area is 514 Å². The number of fused-ring (bicyclic) bond motifs is 13. The first-order valence-electron chi connectivity index (χ1n) is 31.2. The number of para-hydroxylation sites is 1. The molecule has 2 aromatic heterocycles. The molecule has 4 heterocycles. The average molecular weight is 1130 g/mol. The standard InChI is InChI=1S/C81H76BN3O2/c1-77(2,3)51-25-33-55(34-26-51)83(56-35-27-52(28-36-56)78(4,5)6)59-41-42-60-62-46-63-64-47-65-61-22-18-19-23-70(61)86-75(65)74-72(64)82(85(58-39-31-54(32-40-58)80(10,11)12)69(63)48-68(62)81(13,14)67(60)45-59)76-73(84(74)57-37-29-53(30-38-57)79(7,8)9)66-44-50(24-43-71(66)87-76)49-20-16-15-17-21-49/h15-48H,1-14H3. The first-order chi connectivity index (χ1) is 41.4. The van der Waals surface area contributed by atoms with Gasteiger partial charge in [0.25, 0.3) is 0 Å². The van der Waals surface area contributed by atoms with Gasteiger partial charge in [-0.3, -0.25) is 0 Å². The van der Waals surface area contributed by atoms with E-state index >= 15 is 0 Å². The summed E-state index contributed by atoms with van der Waals surface area (Å²) in [5.41, 5.74) is 27.9. The van der Waals surface area contributed by atoms with Gasteiger partial charge in [-0.1, -0.05) is 206 Å². The molecule has 0 fully saturated rings. The van der Waals surface area contributed by atoms with Crippen LogP contribution < -0.4 is 25.7 Å². The Morgan fingerprint density at radius 1 is 0.391 bits per heavy atom. The third-order valence-corrected chi connectivity index (χ3v) is 19.3. The molecule has 3 aliphatic rings. The molecule has 1 aliphatic carbocycles. The molecule has 0 saturated carbocycles. The van der Waals surface area contributed by atoms with Crippen LogP contribution in [0.2, 0.25) is 0 Å². The highest BCUT2D eigenvalue weighted by Crippen LogP contribution is 2.58. The van der Waals surface area contributed by atoms with Crippen molar-refractivity contribution in [1.82, 2.24) is 0 Å². The fourth-order valence-corrected chi connectivity index (χ4v) is 14.3. The van der Waals surface area contributed by atoms with Gasteiger partial charge in [-0.2, -0.15) is 0 Å². The van der Waals surface area contributed by atoms with Crippen LogP contribution in [0, 0.1) is 0 Å². The summed E-state index contributed by atoms with van der Waals surface area (Å²) in [4.78, 5) is 7.54. The summed E-state index contributed by atoms with van der Waals surface area (Å²) in [5, 5.41) is 3.22. The van der Waals surface area contributed by atoms with Crippen molar-refractivity contribution in [2.45, 2.75) is 124 Å². The molecule has 6 heteroatoms. The van der Waals surface area contributed by atoms with Gasteiger partial charge in [0.15, 0.2) is 5.58 Å². The molecule has 0 atom stereocenters. The Hall–Kier alpha value is -9.00. The van der Waals surface area contributed by atoms with Crippen LogP contribution in [-0.2, 0) is 27.1 Å². The second-order valence-electron chi connectivity index (χ2n) is 29.5. The maximum atomic E-state index is 7.60. The van der Waals surface area contributed by atoms with Crippen molar-refractivity contribution in [1.29, 1.82) is 0 Å². The second-order valence-corrected chi connectivity index (χ2v) is 29.5. The van der Waals surface area contributed by atoms with E-state index in [0.29, 0.717) is 0 Å². The van der Waals surface area contributed by atoms with Crippen molar-refractivity contribution in [2.24, 2.45) is 0 Å². The van der Waals surface area contributed by atoms with Crippen LogP contribution in [0.4, 0.5) is 45.5 Å². The molecule has 87 heavy (non-hydrogen) atoms. The van der Waals surface area contributed by atoms with Crippen LogP contribution >= 0.6 is 0 Å².